The van der Waals surface area contributed by atoms with E-state index in [9.17, 15) is 9.59 Å². The third-order valence-electron chi connectivity index (χ3n) is 2.15. The van der Waals surface area contributed by atoms with Crippen LogP contribution in [-0.2, 0) is 9.53 Å². The van der Waals surface area contributed by atoms with Gasteiger partial charge in [-0.1, -0.05) is 6.08 Å². The molecule has 102 valence electrons. The number of allylic oxidation sites excluding steroid dienone is 1. The van der Waals surface area contributed by atoms with Gasteiger partial charge in [-0.15, -0.1) is 0 Å². The number of nitrogens with zero attached hydrogens (tertiary/aromatic N) is 2. The summed E-state index contributed by atoms with van der Waals surface area (Å²) in [6, 6.07) is 3.46. The Bertz CT molecular complexity index is 472. The molecule has 0 aromatic carbocycles. The molecule has 0 saturated carbocycles. The maximum absolute atomic E-state index is 11.8. The number of carbonyl (C=O) groups is 2. The molecule has 5 nitrogen and oxygen atoms in total. The lowest BCUT2D eigenvalue weighted by Crippen LogP contribution is -2.34. The van der Waals surface area contributed by atoms with Crippen molar-refractivity contribution in [2.45, 2.75) is 26.4 Å². The van der Waals surface area contributed by atoms with E-state index in [0.717, 1.165) is 5.56 Å². The van der Waals surface area contributed by atoms with Crippen molar-refractivity contribution >= 4 is 24.3 Å². The highest BCUT2D eigenvalue weighted by Gasteiger charge is 2.20. The summed E-state index contributed by atoms with van der Waals surface area (Å²) in [7, 11) is 1.59. The second-order valence-electron chi connectivity index (χ2n) is 4.98. The van der Waals surface area contributed by atoms with Crippen LogP contribution < -0.4 is 4.90 Å². The van der Waals surface area contributed by atoms with Crippen LogP contribution in [0.5, 0.6) is 0 Å². The number of aromatic nitrogens is 1. The summed E-state index contributed by atoms with van der Waals surface area (Å²) in [5.41, 5.74) is 0.242. The number of aldehydes is 1. The molecule has 0 unspecified atom stereocenters. The monoisotopic (exact) mass is 262 g/mol. The van der Waals surface area contributed by atoms with Gasteiger partial charge in [-0.05, 0) is 44.5 Å². The molecular formula is C14H18N2O3. The highest BCUT2D eigenvalue weighted by atomic mass is 16.6. The summed E-state index contributed by atoms with van der Waals surface area (Å²) >= 11 is 0. The molecule has 0 atom stereocenters. The summed E-state index contributed by atoms with van der Waals surface area (Å²) in [5.74, 6) is 0.484. The van der Waals surface area contributed by atoms with Gasteiger partial charge in [0, 0.05) is 13.2 Å². The van der Waals surface area contributed by atoms with Crippen LogP contribution in [0.1, 0.15) is 26.3 Å². The van der Waals surface area contributed by atoms with Gasteiger partial charge >= 0.3 is 6.09 Å². The molecular weight excluding hydrogens is 244 g/mol. The molecule has 5 heteroatoms. The molecule has 0 aliphatic carbocycles. The smallest absolute Gasteiger partial charge is 0.415 e. The minimum Gasteiger partial charge on any atom is -0.443 e. The standard InChI is InChI=1S/C14H18N2O3/c1-14(2,3)19-13(18)16(4)12-8-7-11(10-15-12)6-5-9-17/h5-10H,1-4H3/b6-5+. The van der Waals surface area contributed by atoms with Crippen LogP contribution in [0.4, 0.5) is 10.6 Å². The SMILES string of the molecule is CN(C(=O)OC(C)(C)C)c1ccc(/C=C/C=O)cn1. The van der Waals surface area contributed by atoms with Gasteiger partial charge < -0.3 is 4.74 Å². The molecule has 0 spiro atoms. The van der Waals surface area contributed by atoms with Gasteiger partial charge in [-0.3, -0.25) is 9.69 Å². The van der Waals surface area contributed by atoms with Crippen LogP contribution in [0, 0.1) is 0 Å². The van der Waals surface area contributed by atoms with Gasteiger partial charge in [0.15, 0.2) is 0 Å². The zero-order chi connectivity index (χ0) is 14.5. The Hall–Kier alpha value is -2.17. The second kappa shape index (κ2) is 6.13. The molecule has 0 aliphatic heterocycles. The number of carbonyl (C=O) groups excluding carboxylic acids is 2. The lowest BCUT2D eigenvalue weighted by Gasteiger charge is -2.24. The average molecular weight is 262 g/mol. The first-order valence-electron chi connectivity index (χ1n) is 5.88. The van der Waals surface area contributed by atoms with Gasteiger partial charge in [0.05, 0.1) is 0 Å². The van der Waals surface area contributed by atoms with Crippen LogP contribution >= 0.6 is 0 Å². The van der Waals surface area contributed by atoms with Gasteiger partial charge in [-0.2, -0.15) is 0 Å². The van der Waals surface area contributed by atoms with Crippen molar-refractivity contribution in [1.29, 1.82) is 0 Å². The lowest BCUT2D eigenvalue weighted by atomic mass is 10.2. The van der Waals surface area contributed by atoms with E-state index in [1.807, 2.05) is 0 Å². The Morgan fingerprint density at radius 2 is 2.05 bits per heavy atom. The largest absolute Gasteiger partial charge is 0.443 e. The average Bonchev–Trinajstić information content (AvgIpc) is 2.34. The Labute approximate surface area is 112 Å². The van der Waals surface area contributed by atoms with Crippen LogP contribution in [0.3, 0.4) is 0 Å². The highest BCUT2D eigenvalue weighted by molar-refractivity contribution is 5.86. The molecule has 1 amide bonds. The summed E-state index contributed by atoms with van der Waals surface area (Å²) in [5, 5.41) is 0. The van der Waals surface area contributed by atoms with Crippen molar-refractivity contribution in [3.63, 3.8) is 0 Å². The van der Waals surface area contributed by atoms with Crippen molar-refractivity contribution in [2.75, 3.05) is 11.9 Å². The number of pyridine rings is 1. The number of anilines is 1. The number of ether oxygens (including phenoxy) is 1. The van der Waals surface area contributed by atoms with Crippen LogP contribution in [0.15, 0.2) is 24.4 Å². The zero-order valence-electron chi connectivity index (χ0n) is 11.6. The molecule has 0 N–H and O–H groups in total. The summed E-state index contributed by atoms with van der Waals surface area (Å²) in [6.45, 7) is 5.42. The predicted molar refractivity (Wildman–Crippen MR) is 74.0 cm³/mol. The Morgan fingerprint density at radius 1 is 1.37 bits per heavy atom. The molecule has 1 aromatic rings. The van der Waals surface area contributed by atoms with Gasteiger partial charge in [0.1, 0.15) is 17.7 Å². The summed E-state index contributed by atoms with van der Waals surface area (Å²) < 4.78 is 5.24. The highest BCUT2D eigenvalue weighted by Crippen LogP contribution is 2.15. The van der Waals surface area contributed by atoms with E-state index in [0.29, 0.717) is 12.1 Å². The van der Waals surface area contributed by atoms with E-state index in [2.05, 4.69) is 4.98 Å². The third-order valence-corrected chi connectivity index (χ3v) is 2.15. The molecule has 1 aromatic heterocycles. The number of rotatable bonds is 3. The molecule has 0 radical (unpaired) electrons. The third kappa shape index (κ3) is 4.91. The van der Waals surface area contributed by atoms with Crippen LogP contribution in [0.2, 0.25) is 0 Å². The molecule has 0 saturated heterocycles. The Kier molecular flexibility index (Phi) is 4.80. The van der Waals surface area contributed by atoms with Crippen molar-refractivity contribution in [1.82, 2.24) is 4.98 Å². The summed E-state index contributed by atoms with van der Waals surface area (Å²) in [6.07, 6.45) is 4.83. The first-order valence-corrected chi connectivity index (χ1v) is 5.88. The fourth-order valence-electron chi connectivity index (χ4n) is 1.27. The molecule has 19 heavy (non-hydrogen) atoms. The van der Waals surface area contributed by atoms with E-state index in [1.165, 1.54) is 11.0 Å². The van der Waals surface area contributed by atoms with E-state index in [1.54, 1.807) is 52.2 Å². The predicted octanol–water partition coefficient (Wildman–Crippen LogP) is 2.67. The summed E-state index contributed by atoms with van der Waals surface area (Å²) in [4.78, 5) is 27.5. The normalized spacial score (nSPS) is 11.4. The lowest BCUT2D eigenvalue weighted by molar-refractivity contribution is -0.104. The van der Waals surface area contributed by atoms with Crippen molar-refractivity contribution in [2.24, 2.45) is 0 Å². The quantitative estimate of drug-likeness (QED) is 0.620. The number of hydrogen-bond acceptors (Lipinski definition) is 4. The van der Waals surface area contributed by atoms with Crippen LogP contribution in [-0.4, -0.2) is 30.0 Å². The maximum atomic E-state index is 11.8. The van der Waals surface area contributed by atoms with E-state index in [-0.39, 0.29) is 0 Å². The van der Waals surface area contributed by atoms with E-state index in [4.69, 9.17) is 4.74 Å². The van der Waals surface area contributed by atoms with Gasteiger partial charge in [-0.25, -0.2) is 9.78 Å². The Balaban J connectivity index is 2.77. The van der Waals surface area contributed by atoms with Gasteiger partial charge in [0.25, 0.3) is 0 Å². The number of amides is 1. The molecule has 0 fully saturated rings. The fourth-order valence-corrected chi connectivity index (χ4v) is 1.27. The van der Waals surface area contributed by atoms with E-state index < -0.39 is 11.7 Å². The zero-order valence-corrected chi connectivity index (χ0v) is 11.6. The van der Waals surface area contributed by atoms with Crippen molar-refractivity contribution < 1.29 is 14.3 Å². The number of hydrogen-bond donors (Lipinski definition) is 0. The topological polar surface area (TPSA) is 59.5 Å². The minimum atomic E-state index is -0.544. The van der Waals surface area contributed by atoms with Crippen LogP contribution in [0.25, 0.3) is 6.08 Å². The van der Waals surface area contributed by atoms with Crippen molar-refractivity contribution in [3.05, 3.63) is 30.0 Å². The molecule has 1 rings (SSSR count). The maximum Gasteiger partial charge on any atom is 0.415 e. The Morgan fingerprint density at radius 3 is 2.53 bits per heavy atom. The second-order valence-corrected chi connectivity index (χ2v) is 4.98. The van der Waals surface area contributed by atoms with Gasteiger partial charge in [0.2, 0.25) is 0 Å². The molecule has 0 bridgehead atoms. The molecule has 0 aliphatic rings. The molecule has 1 heterocycles. The minimum absolute atomic E-state index is 0.462. The fraction of sp³-hybridized carbons (Fsp3) is 0.357. The first-order chi connectivity index (χ1) is 8.83. The van der Waals surface area contributed by atoms with E-state index >= 15 is 0 Å². The van der Waals surface area contributed by atoms with Crippen molar-refractivity contribution in [3.8, 4) is 0 Å². The first kappa shape index (κ1) is 14.9.